The summed E-state index contributed by atoms with van der Waals surface area (Å²) in [4.78, 5) is 37.0. The molecule has 1 aliphatic heterocycles. The number of imide groups is 1. The van der Waals surface area contributed by atoms with Gasteiger partial charge in [-0.3, -0.25) is 19.3 Å². The highest BCUT2D eigenvalue weighted by Crippen LogP contribution is 2.26. The highest BCUT2D eigenvalue weighted by Gasteiger charge is 2.37. The van der Waals surface area contributed by atoms with E-state index in [-0.39, 0.29) is 28.9 Å². The molecule has 5 nitrogen and oxygen atoms in total. The number of anilines is 1. The van der Waals surface area contributed by atoms with Crippen molar-refractivity contribution in [2.45, 2.75) is 24.3 Å². The van der Waals surface area contributed by atoms with Gasteiger partial charge in [0.25, 0.3) is 0 Å². The summed E-state index contributed by atoms with van der Waals surface area (Å²) >= 11 is 7.14. The predicted molar refractivity (Wildman–Crippen MR) is 83.3 cm³/mol. The lowest BCUT2D eigenvalue weighted by Crippen LogP contribution is -2.52. The van der Waals surface area contributed by atoms with Crippen LogP contribution in [0.1, 0.15) is 13.8 Å². The zero-order chi connectivity index (χ0) is 15.6. The lowest BCUT2D eigenvalue weighted by atomic mass is 10.3. The summed E-state index contributed by atoms with van der Waals surface area (Å²) in [5, 5.41) is 2.48. The Labute approximate surface area is 132 Å². The van der Waals surface area contributed by atoms with Crippen molar-refractivity contribution in [1.82, 2.24) is 4.90 Å². The van der Waals surface area contributed by atoms with Gasteiger partial charge in [0.05, 0.1) is 10.5 Å². The number of carbonyl (C=O) groups is 3. The van der Waals surface area contributed by atoms with E-state index >= 15 is 0 Å². The maximum atomic E-state index is 12.0. The van der Waals surface area contributed by atoms with Crippen LogP contribution in [0.2, 0.25) is 5.02 Å². The summed E-state index contributed by atoms with van der Waals surface area (Å²) in [6.45, 7) is 3.19. The number of carbonyl (C=O) groups excluding carboxylic acids is 3. The molecule has 0 saturated carbocycles. The summed E-state index contributed by atoms with van der Waals surface area (Å²) in [5.41, 5.74) is 0.528. The molecule has 3 amide bonds. The van der Waals surface area contributed by atoms with Crippen molar-refractivity contribution in [3.8, 4) is 0 Å². The van der Waals surface area contributed by atoms with E-state index in [0.29, 0.717) is 10.7 Å². The number of nitrogens with one attached hydrogen (secondary N) is 1. The zero-order valence-corrected chi connectivity index (χ0v) is 13.2. The van der Waals surface area contributed by atoms with Crippen LogP contribution < -0.4 is 5.32 Å². The number of nitrogens with zero attached hydrogens (tertiary/aromatic N) is 1. The van der Waals surface area contributed by atoms with Gasteiger partial charge in [0.1, 0.15) is 6.54 Å². The Morgan fingerprint density at radius 3 is 2.48 bits per heavy atom. The molecular formula is C14H15ClN2O3S. The highest BCUT2D eigenvalue weighted by molar-refractivity contribution is 8.02. The summed E-state index contributed by atoms with van der Waals surface area (Å²) in [6, 6.07) is 6.68. The zero-order valence-electron chi connectivity index (χ0n) is 11.6. The molecule has 2 rings (SSSR count). The van der Waals surface area contributed by atoms with Crippen LogP contribution in [-0.2, 0) is 14.4 Å². The van der Waals surface area contributed by atoms with Crippen LogP contribution in [0.15, 0.2) is 24.3 Å². The largest absolute Gasteiger partial charge is 0.324 e. The Morgan fingerprint density at radius 2 is 1.90 bits per heavy atom. The van der Waals surface area contributed by atoms with Gasteiger partial charge in [-0.2, -0.15) is 0 Å². The van der Waals surface area contributed by atoms with Gasteiger partial charge in [-0.05, 0) is 32.0 Å². The average Bonchev–Trinajstić information content (AvgIpc) is 2.41. The van der Waals surface area contributed by atoms with E-state index in [0.717, 1.165) is 4.90 Å². The minimum absolute atomic E-state index is 0.278. The van der Waals surface area contributed by atoms with Gasteiger partial charge in [-0.15, -0.1) is 11.8 Å². The van der Waals surface area contributed by atoms with Crippen molar-refractivity contribution < 1.29 is 14.4 Å². The Bertz CT molecular complexity index is 573. The standard InChI is InChI=1S/C14H15ClN2O3S/c1-8-13(19)17(14(20)9(2)21-8)7-12(18)16-11-5-3-4-10(15)6-11/h3-6,8-9H,7H2,1-2H3,(H,16,18)/t8-,9-/m0/s1. The molecule has 21 heavy (non-hydrogen) atoms. The van der Waals surface area contributed by atoms with Crippen molar-refractivity contribution in [3.05, 3.63) is 29.3 Å². The van der Waals surface area contributed by atoms with Gasteiger partial charge in [-0.25, -0.2) is 0 Å². The molecular weight excluding hydrogens is 312 g/mol. The molecule has 0 bridgehead atoms. The van der Waals surface area contributed by atoms with Gasteiger partial charge in [0, 0.05) is 10.7 Å². The van der Waals surface area contributed by atoms with E-state index in [2.05, 4.69) is 5.32 Å². The van der Waals surface area contributed by atoms with Gasteiger partial charge >= 0.3 is 0 Å². The smallest absolute Gasteiger partial charge is 0.244 e. The topological polar surface area (TPSA) is 66.5 Å². The van der Waals surface area contributed by atoms with Crippen molar-refractivity contribution in [2.24, 2.45) is 0 Å². The molecule has 0 spiro atoms. The fraction of sp³-hybridized carbons (Fsp3) is 0.357. The fourth-order valence-electron chi connectivity index (χ4n) is 2.04. The molecule has 112 valence electrons. The number of benzene rings is 1. The van der Waals surface area contributed by atoms with Crippen LogP contribution in [0, 0.1) is 0 Å². The second kappa shape index (κ2) is 6.49. The van der Waals surface area contributed by atoms with E-state index in [4.69, 9.17) is 11.6 Å². The Kier molecular flexibility index (Phi) is 4.90. The SMILES string of the molecule is C[C@@H]1S[C@@H](C)C(=O)N(CC(=O)Nc2cccc(Cl)c2)C1=O. The normalized spacial score (nSPS) is 22.3. The number of thioether (sulfide) groups is 1. The molecule has 0 unspecified atom stereocenters. The van der Waals surface area contributed by atoms with Crippen LogP contribution in [0.5, 0.6) is 0 Å². The second-order valence-electron chi connectivity index (χ2n) is 4.74. The minimum Gasteiger partial charge on any atom is -0.324 e. The molecule has 7 heteroatoms. The van der Waals surface area contributed by atoms with Crippen LogP contribution in [-0.4, -0.2) is 39.7 Å². The predicted octanol–water partition coefficient (Wildman–Crippen LogP) is 2.16. The third-order valence-corrected chi connectivity index (χ3v) is 4.50. The molecule has 1 N–H and O–H groups in total. The maximum Gasteiger partial charge on any atom is 0.244 e. The van der Waals surface area contributed by atoms with Crippen molar-refractivity contribution in [3.63, 3.8) is 0 Å². The van der Waals surface area contributed by atoms with Crippen LogP contribution in [0.3, 0.4) is 0 Å². The first-order valence-electron chi connectivity index (χ1n) is 6.44. The minimum atomic E-state index is -0.426. The van der Waals surface area contributed by atoms with Gasteiger partial charge in [0.2, 0.25) is 17.7 Å². The average molecular weight is 327 g/mol. The van der Waals surface area contributed by atoms with Crippen molar-refractivity contribution in [1.29, 1.82) is 0 Å². The first-order valence-corrected chi connectivity index (χ1v) is 7.76. The monoisotopic (exact) mass is 326 g/mol. The molecule has 1 aliphatic rings. The molecule has 2 atom stereocenters. The Balaban J connectivity index is 2.04. The maximum absolute atomic E-state index is 12.0. The molecule has 0 aliphatic carbocycles. The van der Waals surface area contributed by atoms with E-state index in [9.17, 15) is 14.4 Å². The number of halogens is 1. The Hall–Kier alpha value is -1.53. The molecule has 1 fully saturated rings. The van der Waals surface area contributed by atoms with E-state index in [1.165, 1.54) is 11.8 Å². The number of hydrogen-bond acceptors (Lipinski definition) is 4. The van der Waals surface area contributed by atoms with Crippen LogP contribution in [0.25, 0.3) is 0 Å². The second-order valence-corrected chi connectivity index (χ2v) is 6.86. The van der Waals surface area contributed by atoms with Gasteiger partial charge in [0.15, 0.2) is 0 Å². The van der Waals surface area contributed by atoms with Crippen molar-refractivity contribution >= 4 is 46.8 Å². The van der Waals surface area contributed by atoms with Gasteiger partial charge in [-0.1, -0.05) is 17.7 Å². The molecule has 1 aromatic carbocycles. The molecule has 0 radical (unpaired) electrons. The summed E-state index contributed by atoms with van der Waals surface area (Å²) in [7, 11) is 0. The summed E-state index contributed by atoms with van der Waals surface area (Å²) in [5.74, 6) is -1.08. The number of hydrogen-bond donors (Lipinski definition) is 1. The number of rotatable bonds is 3. The third-order valence-electron chi connectivity index (χ3n) is 3.05. The molecule has 1 aromatic rings. The highest BCUT2D eigenvalue weighted by atomic mass is 35.5. The number of amides is 3. The molecule has 1 saturated heterocycles. The molecule has 0 aromatic heterocycles. The van der Waals surface area contributed by atoms with Crippen molar-refractivity contribution in [2.75, 3.05) is 11.9 Å². The first kappa shape index (κ1) is 15.9. The van der Waals surface area contributed by atoms with E-state index in [1.807, 2.05) is 0 Å². The summed E-state index contributed by atoms with van der Waals surface area (Å²) < 4.78 is 0. The van der Waals surface area contributed by atoms with Gasteiger partial charge < -0.3 is 5.32 Å². The van der Waals surface area contributed by atoms with Crippen LogP contribution >= 0.6 is 23.4 Å². The first-order chi connectivity index (χ1) is 9.88. The third kappa shape index (κ3) is 3.77. The summed E-state index contributed by atoms with van der Waals surface area (Å²) in [6.07, 6.45) is 0. The van der Waals surface area contributed by atoms with Crippen LogP contribution in [0.4, 0.5) is 5.69 Å². The lowest BCUT2D eigenvalue weighted by molar-refractivity contribution is -0.147. The fourth-order valence-corrected chi connectivity index (χ4v) is 3.33. The molecule has 1 heterocycles. The van der Waals surface area contributed by atoms with E-state index < -0.39 is 5.91 Å². The van der Waals surface area contributed by atoms with E-state index in [1.54, 1.807) is 38.1 Å². The quantitative estimate of drug-likeness (QED) is 0.864. The Morgan fingerprint density at radius 1 is 1.29 bits per heavy atom. The lowest BCUT2D eigenvalue weighted by Gasteiger charge is -2.31.